The Kier molecular flexibility index (Phi) is 4.87. The van der Waals surface area contributed by atoms with E-state index >= 15 is 0 Å². The van der Waals surface area contributed by atoms with Gasteiger partial charge in [-0.05, 0) is 46.1 Å². The number of fused-ring (bicyclic) bond motifs is 3. The van der Waals surface area contributed by atoms with Gasteiger partial charge in [-0.1, -0.05) is 56.3 Å². The molecule has 1 saturated heterocycles. The van der Waals surface area contributed by atoms with Crippen LogP contribution in [0.4, 0.5) is 0 Å². The molecule has 1 N–H and O–H groups in total. The van der Waals surface area contributed by atoms with Crippen molar-refractivity contribution in [3.63, 3.8) is 0 Å². The second kappa shape index (κ2) is 7.04. The van der Waals surface area contributed by atoms with E-state index in [0.717, 1.165) is 26.1 Å². The molecule has 0 spiro atoms. The predicted octanol–water partition coefficient (Wildman–Crippen LogP) is 3.26. The minimum absolute atomic E-state index is 0.00122. The number of nitrogens with zero attached hydrogens (tertiary/aromatic N) is 1. The van der Waals surface area contributed by atoms with Gasteiger partial charge in [-0.2, -0.15) is 0 Å². The molecule has 2 aliphatic rings. The van der Waals surface area contributed by atoms with Crippen LogP contribution < -0.4 is 4.72 Å². The van der Waals surface area contributed by atoms with E-state index in [2.05, 4.69) is 65.9 Å². The van der Waals surface area contributed by atoms with E-state index in [9.17, 15) is 8.42 Å². The molecule has 0 bridgehead atoms. The van der Waals surface area contributed by atoms with Crippen LogP contribution in [0.25, 0.3) is 11.1 Å². The van der Waals surface area contributed by atoms with Gasteiger partial charge in [0, 0.05) is 25.7 Å². The zero-order valence-corrected chi connectivity index (χ0v) is 17.1. The number of likely N-dealkylation sites (tertiary alicyclic amines) is 1. The van der Waals surface area contributed by atoms with E-state index in [1.165, 1.54) is 34.1 Å². The molecule has 2 atom stereocenters. The van der Waals surface area contributed by atoms with Gasteiger partial charge in [0.1, 0.15) is 0 Å². The lowest BCUT2D eigenvalue weighted by Gasteiger charge is -2.21. The largest absolute Gasteiger partial charge is 0.297 e. The van der Waals surface area contributed by atoms with Gasteiger partial charge in [0.15, 0.2) is 0 Å². The van der Waals surface area contributed by atoms with Crippen LogP contribution in [0.1, 0.15) is 30.5 Å². The quantitative estimate of drug-likeness (QED) is 0.735. The molecule has 0 aromatic heterocycles. The number of hydrogen-bond acceptors (Lipinski definition) is 3. The van der Waals surface area contributed by atoms with E-state index < -0.39 is 10.0 Å². The lowest BCUT2D eigenvalue weighted by atomic mass is 9.92. The minimum Gasteiger partial charge on any atom is -0.297 e. The Bertz CT molecular complexity index is 953. The van der Waals surface area contributed by atoms with Crippen molar-refractivity contribution in [1.29, 1.82) is 0 Å². The van der Waals surface area contributed by atoms with Crippen molar-refractivity contribution in [3.05, 3.63) is 59.2 Å². The van der Waals surface area contributed by atoms with Gasteiger partial charge in [0.05, 0.1) is 6.26 Å². The Labute approximate surface area is 162 Å². The summed E-state index contributed by atoms with van der Waals surface area (Å²) in [5, 5.41) is 0. The van der Waals surface area contributed by atoms with E-state index in [1.54, 1.807) is 0 Å². The highest BCUT2D eigenvalue weighted by Gasteiger charge is 2.36. The SMILES string of the molecule is CC(C)C1CN(Cc2ccc3c(c2)Cc2ccccc2-3)CC1NS(C)(=O)=O. The zero-order valence-electron chi connectivity index (χ0n) is 16.3. The lowest BCUT2D eigenvalue weighted by Crippen LogP contribution is -2.41. The van der Waals surface area contributed by atoms with E-state index in [4.69, 9.17) is 0 Å². The molecule has 0 saturated carbocycles. The Balaban J connectivity index is 1.49. The molecule has 1 aliphatic heterocycles. The molecule has 0 amide bonds. The summed E-state index contributed by atoms with van der Waals surface area (Å²) in [6, 6.07) is 15.4. The number of sulfonamides is 1. The number of hydrogen-bond donors (Lipinski definition) is 1. The van der Waals surface area contributed by atoms with E-state index in [1.807, 2.05) is 0 Å². The lowest BCUT2D eigenvalue weighted by molar-refractivity contribution is 0.296. The third-order valence-corrected chi connectivity index (χ3v) is 6.66. The summed E-state index contributed by atoms with van der Waals surface area (Å²) in [5.74, 6) is 0.794. The number of nitrogens with one attached hydrogen (secondary N) is 1. The second-order valence-corrected chi connectivity index (χ2v) is 10.2. The van der Waals surface area contributed by atoms with Crippen molar-refractivity contribution in [2.24, 2.45) is 11.8 Å². The fraction of sp³-hybridized carbons (Fsp3) is 0.455. The minimum atomic E-state index is -3.19. The van der Waals surface area contributed by atoms with Crippen molar-refractivity contribution in [2.45, 2.75) is 32.9 Å². The number of benzene rings is 2. The fourth-order valence-electron chi connectivity index (χ4n) is 4.67. The molecule has 0 radical (unpaired) electrons. The standard InChI is InChI=1S/C22H28N2O2S/c1-15(2)21-13-24(14-22(21)23-27(3,25)26)12-16-8-9-20-18(10-16)11-17-6-4-5-7-19(17)20/h4-10,15,21-23H,11-14H2,1-3H3. The van der Waals surface area contributed by atoms with Crippen molar-refractivity contribution in [2.75, 3.05) is 19.3 Å². The van der Waals surface area contributed by atoms with Crippen molar-refractivity contribution >= 4 is 10.0 Å². The monoisotopic (exact) mass is 384 g/mol. The summed E-state index contributed by atoms with van der Waals surface area (Å²) in [6.45, 7) is 6.93. The second-order valence-electron chi connectivity index (χ2n) is 8.42. The first-order valence-corrected chi connectivity index (χ1v) is 11.6. The Morgan fingerprint density at radius 2 is 1.81 bits per heavy atom. The van der Waals surface area contributed by atoms with Gasteiger partial charge in [0.2, 0.25) is 10.0 Å². The molecule has 144 valence electrons. The third-order valence-electron chi connectivity index (χ3n) is 5.93. The van der Waals surface area contributed by atoms with Crippen molar-refractivity contribution in [1.82, 2.24) is 9.62 Å². The average molecular weight is 385 g/mol. The first-order chi connectivity index (χ1) is 12.8. The maximum absolute atomic E-state index is 11.7. The Morgan fingerprint density at radius 1 is 1.07 bits per heavy atom. The first kappa shape index (κ1) is 18.7. The Hall–Kier alpha value is -1.69. The predicted molar refractivity (Wildman–Crippen MR) is 110 cm³/mol. The summed E-state index contributed by atoms with van der Waals surface area (Å²) >= 11 is 0. The van der Waals surface area contributed by atoms with Gasteiger partial charge in [-0.25, -0.2) is 13.1 Å². The molecule has 2 aromatic rings. The highest BCUT2D eigenvalue weighted by Crippen LogP contribution is 2.37. The van der Waals surface area contributed by atoms with Gasteiger partial charge in [-0.3, -0.25) is 4.90 Å². The highest BCUT2D eigenvalue weighted by molar-refractivity contribution is 7.88. The molecule has 27 heavy (non-hydrogen) atoms. The maximum atomic E-state index is 11.7. The molecule has 2 unspecified atom stereocenters. The Morgan fingerprint density at radius 3 is 2.56 bits per heavy atom. The molecule has 1 aliphatic carbocycles. The van der Waals surface area contributed by atoms with Crippen LogP contribution >= 0.6 is 0 Å². The molecule has 4 rings (SSSR count). The van der Waals surface area contributed by atoms with Crippen LogP contribution in [0.3, 0.4) is 0 Å². The fourth-order valence-corrected chi connectivity index (χ4v) is 5.47. The van der Waals surface area contributed by atoms with Crippen LogP contribution in [-0.2, 0) is 23.0 Å². The van der Waals surface area contributed by atoms with Crippen LogP contribution in [0, 0.1) is 11.8 Å². The van der Waals surface area contributed by atoms with Crippen molar-refractivity contribution < 1.29 is 8.42 Å². The normalized spacial score (nSPS) is 22.2. The summed E-state index contributed by atoms with van der Waals surface area (Å²) < 4.78 is 26.3. The van der Waals surface area contributed by atoms with Gasteiger partial charge >= 0.3 is 0 Å². The summed E-state index contributed by atoms with van der Waals surface area (Å²) in [4.78, 5) is 2.39. The van der Waals surface area contributed by atoms with E-state index in [-0.39, 0.29) is 6.04 Å². The molecule has 4 nitrogen and oxygen atoms in total. The van der Waals surface area contributed by atoms with Crippen LogP contribution in [0.5, 0.6) is 0 Å². The third kappa shape index (κ3) is 3.96. The highest BCUT2D eigenvalue weighted by atomic mass is 32.2. The van der Waals surface area contributed by atoms with Gasteiger partial charge < -0.3 is 0 Å². The molecular formula is C22H28N2O2S. The van der Waals surface area contributed by atoms with Crippen LogP contribution in [0.15, 0.2) is 42.5 Å². The molecule has 5 heteroatoms. The van der Waals surface area contributed by atoms with Gasteiger partial charge in [0.25, 0.3) is 0 Å². The summed E-state index contributed by atoms with van der Waals surface area (Å²) in [7, 11) is -3.19. The zero-order chi connectivity index (χ0) is 19.2. The molecular weight excluding hydrogens is 356 g/mol. The molecule has 1 fully saturated rings. The summed E-state index contributed by atoms with van der Waals surface area (Å²) in [6.07, 6.45) is 2.26. The number of rotatable bonds is 5. The molecule has 2 aromatic carbocycles. The smallest absolute Gasteiger partial charge is 0.209 e. The van der Waals surface area contributed by atoms with E-state index in [0.29, 0.717) is 11.8 Å². The topological polar surface area (TPSA) is 49.4 Å². The van der Waals surface area contributed by atoms with Crippen LogP contribution in [0.2, 0.25) is 0 Å². The molecule has 1 heterocycles. The van der Waals surface area contributed by atoms with Crippen molar-refractivity contribution in [3.8, 4) is 11.1 Å². The summed E-state index contributed by atoms with van der Waals surface area (Å²) in [5.41, 5.74) is 6.83. The van der Waals surface area contributed by atoms with Gasteiger partial charge in [-0.15, -0.1) is 0 Å². The average Bonchev–Trinajstić information content (AvgIpc) is 3.13. The van der Waals surface area contributed by atoms with Crippen LogP contribution in [-0.4, -0.2) is 38.7 Å². The first-order valence-electron chi connectivity index (χ1n) is 9.70. The maximum Gasteiger partial charge on any atom is 0.209 e.